The molecule has 140 valence electrons. The summed E-state index contributed by atoms with van der Waals surface area (Å²) in [6.45, 7) is 6.33. The molecule has 2 heterocycles. The number of hydrogen-bond acceptors (Lipinski definition) is 3. The Morgan fingerprint density at radius 3 is 2.36 bits per heavy atom. The van der Waals surface area contributed by atoms with Crippen LogP contribution in [-0.2, 0) is 6.18 Å². The van der Waals surface area contributed by atoms with Crippen LogP contribution in [0.5, 0.6) is 0 Å². The summed E-state index contributed by atoms with van der Waals surface area (Å²) in [5.41, 5.74) is -0.193. The van der Waals surface area contributed by atoms with Crippen molar-refractivity contribution in [1.29, 1.82) is 0 Å². The van der Waals surface area contributed by atoms with Gasteiger partial charge in [-0.1, -0.05) is 19.8 Å². The summed E-state index contributed by atoms with van der Waals surface area (Å²) in [4.78, 5) is 6.26. The molecular weight excluding hydrogens is 345 g/mol. The SMILES string of the molecule is CC([C@H](C)Sc1cccnc1C(F)(F)F)N1CCC2(CCCC2)CC1. The van der Waals surface area contributed by atoms with Gasteiger partial charge in [0.2, 0.25) is 0 Å². The fourth-order valence-corrected chi connectivity index (χ4v) is 5.53. The second kappa shape index (κ2) is 7.47. The summed E-state index contributed by atoms with van der Waals surface area (Å²) >= 11 is 1.30. The second-order valence-electron chi connectivity index (χ2n) is 7.65. The summed E-state index contributed by atoms with van der Waals surface area (Å²) in [6, 6.07) is 3.37. The topological polar surface area (TPSA) is 16.1 Å². The van der Waals surface area contributed by atoms with Crippen LogP contribution in [0.25, 0.3) is 0 Å². The van der Waals surface area contributed by atoms with E-state index in [4.69, 9.17) is 0 Å². The van der Waals surface area contributed by atoms with Gasteiger partial charge < -0.3 is 0 Å². The van der Waals surface area contributed by atoms with E-state index in [9.17, 15) is 13.2 Å². The number of thioether (sulfide) groups is 1. The van der Waals surface area contributed by atoms with E-state index >= 15 is 0 Å². The van der Waals surface area contributed by atoms with Crippen LogP contribution in [0.2, 0.25) is 0 Å². The van der Waals surface area contributed by atoms with Crippen LogP contribution in [0.3, 0.4) is 0 Å². The molecule has 2 fully saturated rings. The highest BCUT2D eigenvalue weighted by Gasteiger charge is 2.39. The van der Waals surface area contributed by atoms with E-state index in [1.807, 2.05) is 6.92 Å². The fraction of sp³-hybridized carbons (Fsp3) is 0.737. The van der Waals surface area contributed by atoms with Crippen molar-refractivity contribution >= 4 is 11.8 Å². The third-order valence-electron chi connectivity index (χ3n) is 6.13. The quantitative estimate of drug-likeness (QED) is 0.638. The van der Waals surface area contributed by atoms with E-state index < -0.39 is 11.9 Å². The molecule has 3 rings (SSSR count). The third-order valence-corrected chi connectivity index (χ3v) is 7.48. The van der Waals surface area contributed by atoms with Gasteiger partial charge in [0.1, 0.15) is 0 Å². The predicted molar refractivity (Wildman–Crippen MR) is 95.7 cm³/mol. The van der Waals surface area contributed by atoms with Crippen molar-refractivity contribution < 1.29 is 13.2 Å². The van der Waals surface area contributed by atoms with Gasteiger partial charge in [0.15, 0.2) is 5.69 Å². The maximum absolute atomic E-state index is 13.1. The normalized spacial score (nSPS) is 23.7. The minimum atomic E-state index is -4.40. The summed E-state index contributed by atoms with van der Waals surface area (Å²) in [5.74, 6) is 0. The molecule has 0 N–H and O–H groups in total. The Kier molecular flexibility index (Phi) is 5.69. The standard InChI is InChI=1S/C19H27F3N2S/c1-14(24-12-9-18(10-13-24)7-3-4-8-18)15(2)25-16-6-5-11-23-17(16)19(20,21)22/h5-6,11,14-15H,3-4,7-10,12-13H2,1-2H3/t14?,15-/m0/s1. The van der Waals surface area contributed by atoms with Gasteiger partial charge in [-0.05, 0) is 63.2 Å². The third kappa shape index (κ3) is 4.33. The molecule has 2 aliphatic rings. The Morgan fingerprint density at radius 2 is 1.76 bits per heavy atom. The van der Waals surface area contributed by atoms with E-state index in [1.54, 1.807) is 6.07 Å². The number of halogens is 3. The zero-order valence-electron chi connectivity index (χ0n) is 15.0. The average molecular weight is 373 g/mol. The fourth-order valence-electron chi connectivity index (χ4n) is 4.32. The molecule has 1 saturated carbocycles. The number of hydrogen-bond donors (Lipinski definition) is 0. The van der Waals surface area contributed by atoms with Gasteiger partial charge in [-0.3, -0.25) is 9.88 Å². The minimum Gasteiger partial charge on any atom is -0.300 e. The number of aromatic nitrogens is 1. The highest BCUT2D eigenvalue weighted by molar-refractivity contribution is 8.00. The van der Waals surface area contributed by atoms with Crippen molar-refractivity contribution in [2.45, 2.75) is 74.7 Å². The Labute approximate surface area is 152 Å². The molecule has 1 unspecified atom stereocenters. The molecular formula is C19H27F3N2S. The first kappa shape index (κ1) is 19.0. The minimum absolute atomic E-state index is 0.0860. The largest absolute Gasteiger partial charge is 0.434 e. The molecule has 1 aliphatic carbocycles. The van der Waals surface area contributed by atoms with E-state index in [0.29, 0.717) is 5.41 Å². The highest BCUT2D eigenvalue weighted by atomic mass is 32.2. The van der Waals surface area contributed by atoms with E-state index in [0.717, 1.165) is 13.1 Å². The monoisotopic (exact) mass is 372 g/mol. The van der Waals surface area contributed by atoms with Gasteiger partial charge in [-0.15, -0.1) is 11.8 Å². The lowest BCUT2D eigenvalue weighted by atomic mass is 9.77. The van der Waals surface area contributed by atoms with Crippen molar-refractivity contribution in [3.8, 4) is 0 Å². The number of pyridine rings is 1. The van der Waals surface area contributed by atoms with Crippen molar-refractivity contribution in [2.24, 2.45) is 5.41 Å². The molecule has 1 saturated heterocycles. The zero-order chi connectivity index (χ0) is 18.1. The van der Waals surface area contributed by atoms with Crippen LogP contribution in [0, 0.1) is 5.41 Å². The number of nitrogens with zero attached hydrogens (tertiary/aromatic N) is 2. The molecule has 0 amide bonds. The van der Waals surface area contributed by atoms with Gasteiger partial charge in [0.25, 0.3) is 0 Å². The summed E-state index contributed by atoms with van der Waals surface area (Å²) in [6.07, 6.45) is 4.77. The Morgan fingerprint density at radius 1 is 1.12 bits per heavy atom. The van der Waals surface area contributed by atoms with Crippen molar-refractivity contribution in [3.63, 3.8) is 0 Å². The van der Waals surface area contributed by atoms with Crippen LogP contribution < -0.4 is 0 Å². The Bertz CT molecular complexity index is 574. The molecule has 0 radical (unpaired) electrons. The first-order chi connectivity index (χ1) is 11.8. The predicted octanol–water partition coefficient (Wildman–Crippen LogP) is 5.63. The molecule has 0 aromatic carbocycles. The maximum atomic E-state index is 13.1. The molecule has 2 atom stereocenters. The number of rotatable bonds is 4. The molecule has 2 nitrogen and oxygen atoms in total. The van der Waals surface area contributed by atoms with Crippen LogP contribution in [0.1, 0.15) is 58.1 Å². The number of piperidine rings is 1. The van der Waals surface area contributed by atoms with Gasteiger partial charge in [0.05, 0.1) is 0 Å². The van der Waals surface area contributed by atoms with Crippen LogP contribution >= 0.6 is 11.8 Å². The lowest BCUT2D eigenvalue weighted by Gasteiger charge is -2.43. The van der Waals surface area contributed by atoms with Crippen LogP contribution in [-0.4, -0.2) is 34.3 Å². The van der Waals surface area contributed by atoms with E-state index in [-0.39, 0.29) is 16.2 Å². The molecule has 1 spiro atoms. The molecule has 25 heavy (non-hydrogen) atoms. The lowest BCUT2D eigenvalue weighted by Crippen LogP contribution is -2.46. The molecule has 6 heteroatoms. The van der Waals surface area contributed by atoms with E-state index in [2.05, 4.69) is 16.8 Å². The molecule has 1 aromatic rings. The maximum Gasteiger partial charge on any atom is 0.434 e. The molecule has 1 aliphatic heterocycles. The average Bonchev–Trinajstić information content (AvgIpc) is 3.02. The molecule has 0 bridgehead atoms. The lowest BCUT2D eigenvalue weighted by molar-refractivity contribution is -0.143. The summed E-state index contributed by atoms with van der Waals surface area (Å²) < 4.78 is 39.4. The smallest absolute Gasteiger partial charge is 0.300 e. The van der Waals surface area contributed by atoms with Crippen molar-refractivity contribution in [2.75, 3.05) is 13.1 Å². The Balaban J connectivity index is 1.61. The molecule has 1 aromatic heterocycles. The van der Waals surface area contributed by atoms with Crippen LogP contribution in [0.15, 0.2) is 23.2 Å². The highest BCUT2D eigenvalue weighted by Crippen LogP contribution is 2.47. The Hall–Kier alpha value is -0.750. The summed E-state index contributed by atoms with van der Waals surface area (Å²) in [5, 5.41) is 0.0860. The first-order valence-electron chi connectivity index (χ1n) is 9.24. The van der Waals surface area contributed by atoms with Gasteiger partial charge in [-0.25, -0.2) is 0 Å². The van der Waals surface area contributed by atoms with Gasteiger partial charge in [0, 0.05) is 22.4 Å². The van der Waals surface area contributed by atoms with Gasteiger partial charge in [-0.2, -0.15) is 13.2 Å². The zero-order valence-corrected chi connectivity index (χ0v) is 15.8. The van der Waals surface area contributed by atoms with Crippen molar-refractivity contribution in [1.82, 2.24) is 9.88 Å². The van der Waals surface area contributed by atoms with Gasteiger partial charge >= 0.3 is 6.18 Å². The second-order valence-corrected chi connectivity index (χ2v) is 9.07. The first-order valence-corrected chi connectivity index (χ1v) is 10.1. The number of likely N-dealkylation sites (tertiary alicyclic amines) is 1. The van der Waals surface area contributed by atoms with E-state index in [1.165, 1.54) is 62.6 Å². The van der Waals surface area contributed by atoms with Crippen LogP contribution in [0.4, 0.5) is 13.2 Å². The summed E-state index contributed by atoms with van der Waals surface area (Å²) in [7, 11) is 0. The van der Waals surface area contributed by atoms with Crippen molar-refractivity contribution in [3.05, 3.63) is 24.0 Å². The number of alkyl halides is 3.